The lowest BCUT2D eigenvalue weighted by Crippen LogP contribution is -2.52. The van der Waals surface area contributed by atoms with Gasteiger partial charge in [0.15, 0.2) is 0 Å². The van der Waals surface area contributed by atoms with Gasteiger partial charge in [-0.05, 0) is 20.3 Å². The molecule has 176 valence electrons. The largest absolute Gasteiger partial charge is 0.327 e. The molecule has 0 aliphatic carbocycles. The van der Waals surface area contributed by atoms with Crippen molar-refractivity contribution in [2.24, 2.45) is 0 Å². The van der Waals surface area contributed by atoms with Crippen LogP contribution in [0, 0.1) is 0 Å². The summed E-state index contributed by atoms with van der Waals surface area (Å²) < 4.78 is 1.08. The third-order valence-corrected chi connectivity index (χ3v) is 7.46. The maximum Gasteiger partial charge on any atom is 0.0929 e. The Hall–Kier alpha value is -0.0400. The molecule has 0 saturated carbocycles. The Morgan fingerprint density at radius 3 is 0.897 bits per heavy atom. The van der Waals surface area contributed by atoms with Gasteiger partial charge in [-0.3, -0.25) is 0 Å². The zero-order valence-corrected chi connectivity index (χ0v) is 21.8. The topological polar surface area (TPSA) is 0 Å². The maximum absolute atomic E-state index is 2.42. The molecule has 0 atom stereocenters. The monoisotopic (exact) mass is 410 g/mol. The molecule has 0 N–H and O–H groups in total. The highest BCUT2D eigenvalue weighted by Gasteiger charge is 2.31. The van der Waals surface area contributed by atoms with Crippen molar-refractivity contribution in [1.82, 2.24) is 0 Å². The van der Waals surface area contributed by atoms with E-state index in [0.29, 0.717) is 5.54 Å². The molecule has 29 heavy (non-hydrogen) atoms. The van der Waals surface area contributed by atoms with Crippen LogP contribution in [0.15, 0.2) is 0 Å². The third kappa shape index (κ3) is 18.4. The summed E-state index contributed by atoms with van der Waals surface area (Å²) in [4.78, 5) is 0. The molecule has 1 heteroatoms. The quantitative estimate of drug-likeness (QED) is 0.123. The van der Waals surface area contributed by atoms with E-state index in [1.807, 2.05) is 0 Å². The first-order chi connectivity index (χ1) is 13.8. The number of hydrogen-bond acceptors (Lipinski definition) is 0. The van der Waals surface area contributed by atoms with E-state index in [0.717, 1.165) is 4.48 Å². The Balaban J connectivity index is 3.17. The first-order valence-corrected chi connectivity index (χ1v) is 13.6. The summed E-state index contributed by atoms with van der Waals surface area (Å²) in [6.07, 6.45) is 30.6. The number of rotatable bonds is 22. The first-order valence-electron chi connectivity index (χ1n) is 13.6. The minimum atomic E-state index is 0.411. The molecule has 0 unspecified atom stereocenters. The van der Waals surface area contributed by atoms with E-state index in [1.165, 1.54) is 135 Å². The second-order valence-corrected chi connectivity index (χ2v) is 11.3. The zero-order valence-electron chi connectivity index (χ0n) is 21.8. The van der Waals surface area contributed by atoms with Crippen molar-refractivity contribution in [3.05, 3.63) is 0 Å². The van der Waals surface area contributed by atoms with Gasteiger partial charge in [0.05, 0.1) is 26.7 Å². The molecule has 0 aliphatic heterocycles. The van der Waals surface area contributed by atoms with Crippen molar-refractivity contribution in [3.63, 3.8) is 0 Å². The molecule has 0 radical (unpaired) electrons. The van der Waals surface area contributed by atoms with E-state index in [1.54, 1.807) is 0 Å². The highest BCUT2D eigenvalue weighted by molar-refractivity contribution is 4.68. The summed E-state index contributed by atoms with van der Waals surface area (Å²) in [5.74, 6) is 0. The minimum Gasteiger partial charge on any atom is -0.327 e. The van der Waals surface area contributed by atoms with Crippen LogP contribution in [-0.4, -0.2) is 31.2 Å². The van der Waals surface area contributed by atoms with E-state index >= 15 is 0 Å². The SMILES string of the molecule is CCCCCCCCCCCCCCCCCCCCCCC(C)(C)[N+](C)(C)C. The molecule has 0 aromatic heterocycles. The lowest BCUT2D eigenvalue weighted by molar-refractivity contribution is -0.920. The Morgan fingerprint density at radius 1 is 0.414 bits per heavy atom. The van der Waals surface area contributed by atoms with Crippen molar-refractivity contribution in [2.75, 3.05) is 21.1 Å². The number of hydrogen-bond donors (Lipinski definition) is 0. The van der Waals surface area contributed by atoms with E-state index in [2.05, 4.69) is 41.9 Å². The molecule has 0 fully saturated rings. The number of nitrogens with zero attached hydrogens (tertiary/aromatic N) is 1. The zero-order chi connectivity index (χ0) is 21.8. The summed E-state index contributed by atoms with van der Waals surface area (Å²) in [7, 11) is 6.99. The van der Waals surface area contributed by atoms with Gasteiger partial charge in [-0.1, -0.05) is 129 Å². The summed E-state index contributed by atoms with van der Waals surface area (Å²) in [6, 6.07) is 0. The highest BCUT2D eigenvalue weighted by atomic mass is 15.3. The van der Waals surface area contributed by atoms with Gasteiger partial charge in [0.2, 0.25) is 0 Å². The molecular formula is C28H60N+. The van der Waals surface area contributed by atoms with Crippen LogP contribution in [0.3, 0.4) is 0 Å². The van der Waals surface area contributed by atoms with Crippen LogP contribution in [0.4, 0.5) is 0 Å². The van der Waals surface area contributed by atoms with Crippen molar-refractivity contribution < 1.29 is 4.48 Å². The molecule has 1 nitrogen and oxygen atoms in total. The summed E-state index contributed by atoms with van der Waals surface area (Å²) in [5.41, 5.74) is 0.411. The van der Waals surface area contributed by atoms with E-state index < -0.39 is 0 Å². The maximum atomic E-state index is 2.42. The molecule has 0 rings (SSSR count). The van der Waals surface area contributed by atoms with E-state index in [4.69, 9.17) is 0 Å². The molecule has 0 aromatic rings. The predicted molar refractivity (Wildman–Crippen MR) is 135 cm³/mol. The van der Waals surface area contributed by atoms with Crippen molar-refractivity contribution in [3.8, 4) is 0 Å². The fourth-order valence-corrected chi connectivity index (χ4v) is 4.15. The Kier molecular flexibility index (Phi) is 18.7. The van der Waals surface area contributed by atoms with Crippen LogP contribution >= 0.6 is 0 Å². The molecular weight excluding hydrogens is 350 g/mol. The fourth-order valence-electron chi connectivity index (χ4n) is 4.15. The van der Waals surface area contributed by atoms with Gasteiger partial charge < -0.3 is 4.48 Å². The van der Waals surface area contributed by atoms with Gasteiger partial charge in [0, 0.05) is 6.42 Å². The van der Waals surface area contributed by atoms with Gasteiger partial charge in [-0.15, -0.1) is 0 Å². The van der Waals surface area contributed by atoms with Crippen LogP contribution in [0.25, 0.3) is 0 Å². The van der Waals surface area contributed by atoms with Gasteiger partial charge in [0.25, 0.3) is 0 Å². The second-order valence-electron chi connectivity index (χ2n) is 11.3. The predicted octanol–water partition coefficient (Wildman–Crippen LogP) is 9.68. The van der Waals surface area contributed by atoms with E-state index in [-0.39, 0.29) is 0 Å². The minimum absolute atomic E-state index is 0.411. The van der Waals surface area contributed by atoms with Crippen LogP contribution < -0.4 is 0 Å². The van der Waals surface area contributed by atoms with Gasteiger partial charge in [-0.25, -0.2) is 0 Å². The third-order valence-electron chi connectivity index (χ3n) is 7.46. The van der Waals surface area contributed by atoms with Gasteiger partial charge >= 0.3 is 0 Å². The van der Waals surface area contributed by atoms with Crippen molar-refractivity contribution in [2.45, 2.75) is 161 Å². The fraction of sp³-hybridized carbons (Fsp3) is 1.00. The van der Waals surface area contributed by atoms with Crippen LogP contribution in [0.2, 0.25) is 0 Å². The normalized spacial score (nSPS) is 12.6. The molecule has 0 saturated heterocycles. The van der Waals surface area contributed by atoms with Gasteiger partial charge in [-0.2, -0.15) is 0 Å². The first kappa shape index (κ1) is 29.0. The molecule has 0 heterocycles. The Morgan fingerprint density at radius 2 is 0.655 bits per heavy atom. The molecule has 0 bridgehead atoms. The summed E-state index contributed by atoms with van der Waals surface area (Å²) in [5, 5.41) is 0. The average Bonchev–Trinajstić information content (AvgIpc) is 2.65. The van der Waals surface area contributed by atoms with Crippen LogP contribution in [0.1, 0.15) is 156 Å². The average molecular weight is 411 g/mol. The lowest BCUT2D eigenvalue weighted by atomic mass is 9.93. The Labute approximate surface area is 187 Å². The summed E-state index contributed by atoms with van der Waals surface area (Å²) >= 11 is 0. The standard InChI is InChI=1S/C28H60N/c1-7-8-9-10-11-12-13-14-15-16-17-18-19-20-21-22-23-24-25-26-27-28(2,3)29(4,5)6/h7-27H2,1-6H3/q+1. The lowest BCUT2D eigenvalue weighted by Gasteiger charge is -2.41. The highest BCUT2D eigenvalue weighted by Crippen LogP contribution is 2.25. The second kappa shape index (κ2) is 18.7. The number of quaternary nitrogens is 1. The molecule has 0 aliphatic rings. The molecule has 0 spiro atoms. The van der Waals surface area contributed by atoms with Crippen molar-refractivity contribution in [1.29, 1.82) is 0 Å². The van der Waals surface area contributed by atoms with Gasteiger partial charge in [0.1, 0.15) is 0 Å². The van der Waals surface area contributed by atoms with Crippen LogP contribution in [0.5, 0.6) is 0 Å². The number of unbranched alkanes of at least 4 members (excludes halogenated alkanes) is 19. The smallest absolute Gasteiger partial charge is 0.0929 e. The van der Waals surface area contributed by atoms with E-state index in [9.17, 15) is 0 Å². The molecule has 0 aromatic carbocycles. The van der Waals surface area contributed by atoms with Crippen LogP contribution in [-0.2, 0) is 0 Å². The van der Waals surface area contributed by atoms with Crippen molar-refractivity contribution >= 4 is 0 Å². The summed E-state index contributed by atoms with van der Waals surface area (Å²) in [6.45, 7) is 7.14. The molecule has 0 amide bonds. The Bertz CT molecular complexity index is 326.